The topological polar surface area (TPSA) is 38.0 Å². The van der Waals surface area contributed by atoms with E-state index in [0.29, 0.717) is 6.04 Å². The first kappa shape index (κ1) is 12.0. The largest absolute Gasteiger partial charge is 0.330 e. The number of nitrogens with one attached hydrogen (secondary N) is 1. The van der Waals surface area contributed by atoms with Crippen molar-refractivity contribution in [1.82, 2.24) is 5.32 Å². The molecular formula is C10H17ClN2S. The number of rotatable bonds is 5. The molecule has 1 heterocycles. The summed E-state index contributed by atoms with van der Waals surface area (Å²) in [5.74, 6) is 0. The zero-order chi connectivity index (χ0) is 10.6. The van der Waals surface area contributed by atoms with Gasteiger partial charge >= 0.3 is 0 Å². The third kappa shape index (κ3) is 3.24. The van der Waals surface area contributed by atoms with Crippen molar-refractivity contribution in [3.8, 4) is 0 Å². The minimum atomic E-state index is 0.457. The summed E-state index contributed by atoms with van der Waals surface area (Å²) in [6.45, 7) is 5.75. The van der Waals surface area contributed by atoms with Crippen LogP contribution in [-0.2, 0) is 6.54 Å². The molecule has 0 spiro atoms. The van der Waals surface area contributed by atoms with Crippen LogP contribution in [-0.4, -0.2) is 12.6 Å². The average Bonchev–Trinajstić information content (AvgIpc) is 2.46. The van der Waals surface area contributed by atoms with Crippen molar-refractivity contribution in [3.05, 3.63) is 20.8 Å². The number of hydrogen-bond donors (Lipinski definition) is 2. The molecule has 1 atom stereocenters. The number of thiophene rings is 1. The smallest absolute Gasteiger partial charge is 0.0587 e. The number of nitrogens with two attached hydrogens (primary N) is 1. The lowest BCUT2D eigenvalue weighted by Gasteiger charge is -2.11. The Morgan fingerprint density at radius 3 is 2.86 bits per heavy atom. The van der Waals surface area contributed by atoms with Gasteiger partial charge in [-0.25, -0.2) is 0 Å². The normalized spacial score (nSPS) is 13.1. The van der Waals surface area contributed by atoms with E-state index in [-0.39, 0.29) is 0 Å². The molecule has 14 heavy (non-hydrogen) atoms. The Morgan fingerprint density at radius 1 is 1.64 bits per heavy atom. The molecule has 80 valence electrons. The van der Waals surface area contributed by atoms with Crippen LogP contribution in [0.4, 0.5) is 0 Å². The second-order valence-corrected chi connectivity index (χ2v) is 4.86. The quantitative estimate of drug-likeness (QED) is 0.819. The van der Waals surface area contributed by atoms with E-state index in [9.17, 15) is 0 Å². The van der Waals surface area contributed by atoms with Gasteiger partial charge < -0.3 is 11.1 Å². The minimum Gasteiger partial charge on any atom is -0.330 e. The second-order valence-electron chi connectivity index (χ2n) is 3.52. The van der Waals surface area contributed by atoms with Crippen LogP contribution in [0.1, 0.15) is 23.8 Å². The van der Waals surface area contributed by atoms with Crippen LogP contribution >= 0.6 is 22.9 Å². The lowest BCUT2D eigenvalue weighted by molar-refractivity contribution is 0.522. The highest BCUT2D eigenvalue weighted by Crippen LogP contribution is 2.26. The van der Waals surface area contributed by atoms with Crippen LogP contribution in [0.15, 0.2) is 5.38 Å². The van der Waals surface area contributed by atoms with Crippen molar-refractivity contribution in [1.29, 1.82) is 0 Å². The van der Waals surface area contributed by atoms with E-state index in [2.05, 4.69) is 17.6 Å². The zero-order valence-electron chi connectivity index (χ0n) is 8.64. The van der Waals surface area contributed by atoms with E-state index >= 15 is 0 Å². The van der Waals surface area contributed by atoms with E-state index in [1.807, 2.05) is 6.92 Å². The van der Waals surface area contributed by atoms with Gasteiger partial charge in [0.25, 0.3) is 0 Å². The number of halogens is 1. The molecule has 0 aliphatic heterocycles. The molecule has 1 aromatic heterocycles. The Bertz CT molecular complexity index is 286. The van der Waals surface area contributed by atoms with Crippen molar-refractivity contribution in [2.45, 2.75) is 32.9 Å². The van der Waals surface area contributed by atoms with Gasteiger partial charge in [0.1, 0.15) is 0 Å². The summed E-state index contributed by atoms with van der Waals surface area (Å²) in [7, 11) is 0. The van der Waals surface area contributed by atoms with Crippen LogP contribution in [0, 0.1) is 6.92 Å². The average molecular weight is 233 g/mol. The SMILES string of the molecule is Cc1csc(CNC(C)CCN)c1Cl. The van der Waals surface area contributed by atoms with Gasteiger partial charge in [-0.3, -0.25) is 0 Å². The third-order valence-electron chi connectivity index (χ3n) is 2.18. The fourth-order valence-corrected chi connectivity index (χ4v) is 2.41. The molecule has 1 aromatic rings. The highest BCUT2D eigenvalue weighted by molar-refractivity contribution is 7.10. The first-order chi connectivity index (χ1) is 6.65. The van der Waals surface area contributed by atoms with Crippen molar-refractivity contribution in [2.24, 2.45) is 5.73 Å². The Balaban J connectivity index is 2.41. The zero-order valence-corrected chi connectivity index (χ0v) is 10.2. The maximum absolute atomic E-state index is 6.12. The van der Waals surface area contributed by atoms with Crippen LogP contribution in [0.5, 0.6) is 0 Å². The van der Waals surface area contributed by atoms with Gasteiger partial charge in [0.05, 0.1) is 5.02 Å². The van der Waals surface area contributed by atoms with Gasteiger partial charge in [0.15, 0.2) is 0 Å². The maximum atomic E-state index is 6.12. The molecule has 0 aliphatic carbocycles. The van der Waals surface area contributed by atoms with Crippen molar-refractivity contribution in [2.75, 3.05) is 6.54 Å². The summed E-state index contributed by atoms with van der Waals surface area (Å²) in [6.07, 6.45) is 1.00. The summed E-state index contributed by atoms with van der Waals surface area (Å²) in [6, 6.07) is 0.457. The number of hydrogen-bond acceptors (Lipinski definition) is 3. The molecule has 0 aromatic carbocycles. The Labute approximate surface area is 94.5 Å². The number of aryl methyl sites for hydroxylation is 1. The fraction of sp³-hybridized carbons (Fsp3) is 0.600. The first-order valence-corrected chi connectivity index (χ1v) is 6.06. The molecule has 0 saturated carbocycles. The molecule has 0 amide bonds. The highest BCUT2D eigenvalue weighted by Gasteiger charge is 2.07. The van der Waals surface area contributed by atoms with E-state index in [4.69, 9.17) is 17.3 Å². The predicted molar refractivity (Wildman–Crippen MR) is 64.0 cm³/mol. The summed E-state index contributed by atoms with van der Waals surface area (Å²) in [4.78, 5) is 1.22. The molecule has 3 N–H and O–H groups in total. The molecule has 1 unspecified atom stereocenters. The van der Waals surface area contributed by atoms with E-state index in [0.717, 1.165) is 24.5 Å². The molecule has 0 saturated heterocycles. The van der Waals surface area contributed by atoms with Crippen molar-refractivity contribution >= 4 is 22.9 Å². The van der Waals surface area contributed by atoms with Crippen LogP contribution < -0.4 is 11.1 Å². The molecule has 4 heteroatoms. The molecule has 1 rings (SSSR count). The van der Waals surface area contributed by atoms with Crippen LogP contribution in [0.25, 0.3) is 0 Å². The summed E-state index contributed by atoms with van der Waals surface area (Å²) >= 11 is 7.83. The molecule has 0 aliphatic rings. The lowest BCUT2D eigenvalue weighted by atomic mass is 10.2. The van der Waals surface area contributed by atoms with Gasteiger partial charge in [-0.1, -0.05) is 11.6 Å². The Morgan fingerprint density at radius 2 is 2.36 bits per heavy atom. The van der Waals surface area contributed by atoms with Crippen LogP contribution in [0.3, 0.4) is 0 Å². The molecule has 0 radical (unpaired) electrons. The Hall–Kier alpha value is -0.0900. The monoisotopic (exact) mass is 232 g/mol. The molecule has 2 nitrogen and oxygen atoms in total. The van der Waals surface area contributed by atoms with Gasteiger partial charge in [-0.2, -0.15) is 0 Å². The van der Waals surface area contributed by atoms with E-state index < -0.39 is 0 Å². The van der Waals surface area contributed by atoms with Crippen molar-refractivity contribution < 1.29 is 0 Å². The first-order valence-electron chi connectivity index (χ1n) is 4.81. The van der Waals surface area contributed by atoms with Gasteiger partial charge in [-0.05, 0) is 37.8 Å². The molecule has 0 fully saturated rings. The van der Waals surface area contributed by atoms with E-state index in [1.54, 1.807) is 11.3 Å². The standard InChI is InChI=1S/C10H17ClN2S/c1-7-6-14-9(10(7)11)5-13-8(2)3-4-12/h6,8,13H,3-5,12H2,1-2H3. The minimum absolute atomic E-state index is 0.457. The lowest BCUT2D eigenvalue weighted by Crippen LogP contribution is -2.27. The molecule has 0 bridgehead atoms. The summed E-state index contributed by atoms with van der Waals surface area (Å²) in [5.41, 5.74) is 6.64. The van der Waals surface area contributed by atoms with Gasteiger partial charge in [0, 0.05) is 17.5 Å². The highest BCUT2D eigenvalue weighted by atomic mass is 35.5. The van der Waals surface area contributed by atoms with Crippen molar-refractivity contribution in [3.63, 3.8) is 0 Å². The summed E-state index contributed by atoms with van der Waals surface area (Å²) in [5, 5.41) is 6.40. The fourth-order valence-electron chi connectivity index (χ4n) is 1.22. The van der Waals surface area contributed by atoms with Gasteiger partial charge in [-0.15, -0.1) is 11.3 Å². The Kier molecular flexibility index (Phi) is 4.89. The van der Waals surface area contributed by atoms with Crippen LogP contribution in [0.2, 0.25) is 5.02 Å². The summed E-state index contributed by atoms with van der Waals surface area (Å²) < 4.78 is 0. The molecular weight excluding hydrogens is 216 g/mol. The third-order valence-corrected chi connectivity index (χ3v) is 3.92. The predicted octanol–water partition coefficient (Wildman–Crippen LogP) is 2.54. The second kappa shape index (κ2) is 5.71. The maximum Gasteiger partial charge on any atom is 0.0587 e. The van der Waals surface area contributed by atoms with Gasteiger partial charge in [0.2, 0.25) is 0 Å². The van der Waals surface area contributed by atoms with E-state index in [1.165, 1.54) is 10.4 Å².